The van der Waals surface area contributed by atoms with E-state index in [-0.39, 0.29) is 6.61 Å². The first-order chi connectivity index (χ1) is 9.28. The molecule has 0 spiro atoms. The number of halogens is 1. The standard InChI is InChI=1S/C15H21ClN2O/c16-14-9-11(10-17-12-2-3-12)1-6-15(14)18(7-8-19)13-4-5-13/h1,6,9,12-13,17,19H,2-5,7-8,10H2. The molecule has 0 saturated heterocycles. The Morgan fingerprint density at radius 2 is 2.05 bits per heavy atom. The lowest BCUT2D eigenvalue weighted by Crippen LogP contribution is -2.29. The Hall–Kier alpha value is -0.770. The topological polar surface area (TPSA) is 35.5 Å². The molecule has 1 aromatic rings. The normalized spacial score (nSPS) is 18.6. The third-order valence-corrected chi connectivity index (χ3v) is 4.13. The molecule has 2 N–H and O–H groups in total. The van der Waals surface area contributed by atoms with E-state index in [0.29, 0.717) is 12.6 Å². The lowest BCUT2D eigenvalue weighted by atomic mass is 10.2. The molecule has 0 amide bonds. The van der Waals surface area contributed by atoms with Gasteiger partial charge in [0, 0.05) is 25.2 Å². The van der Waals surface area contributed by atoms with Crippen LogP contribution in [0.1, 0.15) is 31.2 Å². The van der Waals surface area contributed by atoms with Gasteiger partial charge in [0.1, 0.15) is 0 Å². The van der Waals surface area contributed by atoms with Gasteiger partial charge in [-0.3, -0.25) is 0 Å². The fourth-order valence-corrected chi connectivity index (χ4v) is 2.75. The molecule has 0 heterocycles. The monoisotopic (exact) mass is 280 g/mol. The SMILES string of the molecule is OCCN(c1ccc(CNC2CC2)cc1Cl)C1CC1. The van der Waals surface area contributed by atoms with E-state index in [4.69, 9.17) is 11.6 Å². The number of benzene rings is 1. The first-order valence-corrected chi connectivity index (χ1v) is 7.55. The van der Waals surface area contributed by atoms with Crippen molar-refractivity contribution in [3.8, 4) is 0 Å². The van der Waals surface area contributed by atoms with E-state index >= 15 is 0 Å². The summed E-state index contributed by atoms with van der Waals surface area (Å²) in [6, 6.07) is 7.58. The molecule has 2 aliphatic rings. The van der Waals surface area contributed by atoms with Crippen LogP contribution in [0.3, 0.4) is 0 Å². The summed E-state index contributed by atoms with van der Waals surface area (Å²) in [6.07, 6.45) is 5.03. The van der Waals surface area contributed by atoms with E-state index in [0.717, 1.165) is 23.3 Å². The molecule has 2 saturated carbocycles. The fraction of sp³-hybridized carbons (Fsp3) is 0.600. The number of rotatable bonds is 7. The Bertz CT molecular complexity index is 444. The smallest absolute Gasteiger partial charge is 0.0642 e. The summed E-state index contributed by atoms with van der Waals surface area (Å²) in [5.74, 6) is 0. The average molecular weight is 281 g/mol. The van der Waals surface area contributed by atoms with Crippen molar-refractivity contribution in [3.05, 3.63) is 28.8 Å². The summed E-state index contributed by atoms with van der Waals surface area (Å²) in [6.45, 7) is 1.75. The minimum Gasteiger partial charge on any atom is -0.395 e. The summed E-state index contributed by atoms with van der Waals surface area (Å²) < 4.78 is 0. The van der Waals surface area contributed by atoms with Crippen LogP contribution in [0.5, 0.6) is 0 Å². The zero-order valence-electron chi connectivity index (χ0n) is 11.1. The molecule has 0 unspecified atom stereocenters. The molecule has 3 rings (SSSR count). The van der Waals surface area contributed by atoms with Crippen LogP contribution in [0.15, 0.2) is 18.2 Å². The molecule has 3 nitrogen and oxygen atoms in total. The molecule has 4 heteroatoms. The number of hydrogen-bond acceptors (Lipinski definition) is 3. The minimum absolute atomic E-state index is 0.178. The fourth-order valence-electron chi connectivity index (χ4n) is 2.44. The zero-order chi connectivity index (χ0) is 13.2. The maximum Gasteiger partial charge on any atom is 0.0642 e. The lowest BCUT2D eigenvalue weighted by Gasteiger charge is -2.25. The van der Waals surface area contributed by atoms with E-state index in [2.05, 4.69) is 28.4 Å². The molecule has 0 bridgehead atoms. The molecule has 0 radical (unpaired) electrons. The van der Waals surface area contributed by atoms with Crippen LogP contribution in [0, 0.1) is 0 Å². The molecule has 2 fully saturated rings. The molecule has 0 aliphatic heterocycles. The molecular weight excluding hydrogens is 260 g/mol. The van der Waals surface area contributed by atoms with Crippen molar-refractivity contribution in [1.82, 2.24) is 5.32 Å². The molecule has 19 heavy (non-hydrogen) atoms. The Kier molecular flexibility index (Phi) is 3.96. The Balaban J connectivity index is 1.69. The van der Waals surface area contributed by atoms with Gasteiger partial charge in [-0.1, -0.05) is 17.7 Å². The number of hydrogen-bond donors (Lipinski definition) is 2. The molecule has 0 atom stereocenters. The van der Waals surface area contributed by atoms with Crippen molar-refractivity contribution in [2.24, 2.45) is 0 Å². The molecule has 0 aromatic heterocycles. The van der Waals surface area contributed by atoms with Crippen LogP contribution in [-0.4, -0.2) is 30.3 Å². The van der Waals surface area contributed by atoms with Gasteiger partial charge < -0.3 is 15.3 Å². The predicted molar refractivity (Wildman–Crippen MR) is 78.8 cm³/mol. The first kappa shape index (κ1) is 13.2. The second-order valence-corrected chi connectivity index (χ2v) is 6.00. The Morgan fingerprint density at radius 1 is 1.26 bits per heavy atom. The largest absolute Gasteiger partial charge is 0.395 e. The van der Waals surface area contributed by atoms with Crippen molar-refractivity contribution in [3.63, 3.8) is 0 Å². The maximum atomic E-state index is 9.18. The summed E-state index contributed by atoms with van der Waals surface area (Å²) >= 11 is 6.41. The van der Waals surface area contributed by atoms with Gasteiger partial charge in [-0.15, -0.1) is 0 Å². The average Bonchev–Trinajstić information content (AvgIpc) is 3.28. The second kappa shape index (κ2) is 5.70. The van der Waals surface area contributed by atoms with Gasteiger partial charge in [-0.25, -0.2) is 0 Å². The molecule has 1 aromatic carbocycles. The van der Waals surface area contributed by atoms with Crippen LogP contribution in [0.2, 0.25) is 5.02 Å². The number of nitrogens with zero attached hydrogens (tertiary/aromatic N) is 1. The highest BCUT2D eigenvalue weighted by Gasteiger charge is 2.30. The summed E-state index contributed by atoms with van der Waals surface area (Å²) in [7, 11) is 0. The number of nitrogens with one attached hydrogen (secondary N) is 1. The van der Waals surface area contributed by atoms with Crippen molar-refractivity contribution >= 4 is 17.3 Å². The zero-order valence-corrected chi connectivity index (χ0v) is 11.9. The van der Waals surface area contributed by atoms with Gasteiger partial charge >= 0.3 is 0 Å². The van der Waals surface area contributed by atoms with Crippen molar-refractivity contribution in [1.29, 1.82) is 0 Å². The number of aliphatic hydroxyl groups excluding tert-OH is 1. The van der Waals surface area contributed by atoms with Crippen LogP contribution in [0.4, 0.5) is 5.69 Å². The maximum absolute atomic E-state index is 9.18. The van der Waals surface area contributed by atoms with E-state index in [1.807, 2.05) is 0 Å². The van der Waals surface area contributed by atoms with Crippen molar-refractivity contribution in [2.45, 2.75) is 44.3 Å². The number of anilines is 1. The number of aliphatic hydroxyl groups is 1. The molecule has 104 valence electrons. The quantitative estimate of drug-likeness (QED) is 0.806. The molecular formula is C15H21ClN2O. The van der Waals surface area contributed by atoms with E-state index in [9.17, 15) is 5.11 Å². The van der Waals surface area contributed by atoms with E-state index < -0.39 is 0 Å². The van der Waals surface area contributed by atoms with Gasteiger partial charge in [0.25, 0.3) is 0 Å². The van der Waals surface area contributed by atoms with Gasteiger partial charge in [0.05, 0.1) is 17.3 Å². The Labute approximate surface area is 119 Å². The van der Waals surface area contributed by atoms with Gasteiger partial charge in [0.15, 0.2) is 0 Å². The summed E-state index contributed by atoms with van der Waals surface area (Å²) in [5.41, 5.74) is 2.30. The third kappa shape index (κ3) is 3.41. The predicted octanol–water partition coefficient (Wildman–Crippen LogP) is 2.55. The lowest BCUT2D eigenvalue weighted by molar-refractivity contribution is 0.301. The van der Waals surface area contributed by atoms with Crippen molar-refractivity contribution < 1.29 is 5.11 Å². The highest BCUT2D eigenvalue weighted by Crippen LogP contribution is 2.35. The minimum atomic E-state index is 0.178. The second-order valence-electron chi connectivity index (χ2n) is 5.59. The van der Waals surface area contributed by atoms with Gasteiger partial charge in [-0.05, 0) is 43.4 Å². The first-order valence-electron chi connectivity index (χ1n) is 7.17. The van der Waals surface area contributed by atoms with Gasteiger partial charge in [0.2, 0.25) is 0 Å². The van der Waals surface area contributed by atoms with Crippen LogP contribution in [-0.2, 0) is 6.54 Å². The van der Waals surface area contributed by atoms with Crippen LogP contribution < -0.4 is 10.2 Å². The summed E-state index contributed by atoms with van der Waals surface area (Å²) in [5, 5.41) is 13.5. The van der Waals surface area contributed by atoms with Gasteiger partial charge in [-0.2, -0.15) is 0 Å². The van der Waals surface area contributed by atoms with E-state index in [1.54, 1.807) is 0 Å². The highest BCUT2D eigenvalue weighted by atomic mass is 35.5. The third-order valence-electron chi connectivity index (χ3n) is 3.82. The van der Waals surface area contributed by atoms with Crippen molar-refractivity contribution in [2.75, 3.05) is 18.1 Å². The highest BCUT2D eigenvalue weighted by molar-refractivity contribution is 6.33. The summed E-state index contributed by atoms with van der Waals surface area (Å²) in [4.78, 5) is 2.24. The Morgan fingerprint density at radius 3 is 2.63 bits per heavy atom. The van der Waals surface area contributed by atoms with E-state index in [1.165, 1.54) is 31.2 Å². The molecule has 2 aliphatic carbocycles. The van der Waals surface area contributed by atoms with Crippen LogP contribution in [0.25, 0.3) is 0 Å². The van der Waals surface area contributed by atoms with Crippen LogP contribution >= 0.6 is 11.6 Å².